The predicted octanol–water partition coefficient (Wildman–Crippen LogP) is 0.395. The summed E-state index contributed by atoms with van der Waals surface area (Å²) in [5, 5.41) is 6.88. The summed E-state index contributed by atoms with van der Waals surface area (Å²) in [5.41, 5.74) is 0. The first kappa shape index (κ1) is 9.57. The van der Waals surface area contributed by atoms with Gasteiger partial charge in [-0.15, -0.1) is 0 Å². The van der Waals surface area contributed by atoms with Gasteiger partial charge in [-0.1, -0.05) is 0 Å². The number of ether oxygens (including phenoxy) is 1. The third-order valence-corrected chi connectivity index (χ3v) is 1.43. The molecule has 1 aromatic rings. The topological polar surface area (TPSA) is 56.1 Å². The normalized spacial score (nSPS) is 9.69. The van der Waals surface area contributed by atoms with Crippen LogP contribution in [0.2, 0.25) is 0 Å². The van der Waals surface area contributed by atoms with Crippen LogP contribution in [0.5, 0.6) is 0 Å². The summed E-state index contributed by atoms with van der Waals surface area (Å²) < 4.78 is 6.39. The summed E-state index contributed by atoms with van der Waals surface area (Å²) in [7, 11) is 1.82. The van der Waals surface area contributed by atoms with Gasteiger partial charge in [0.15, 0.2) is 0 Å². The van der Waals surface area contributed by atoms with E-state index in [1.54, 1.807) is 23.9 Å². The number of aryl methyl sites for hydroxylation is 1. The summed E-state index contributed by atoms with van der Waals surface area (Å²) in [6.07, 6.45) is 1.80. The fourth-order valence-corrected chi connectivity index (χ4v) is 0.884. The van der Waals surface area contributed by atoms with Gasteiger partial charge in [-0.25, -0.2) is 0 Å². The molecule has 0 saturated carbocycles. The maximum atomic E-state index is 10.9. The lowest BCUT2D eigenvalue weighted by Crippen LogP contribution is -2.16. The molecule has 0 fully saturated rings. The molecule has 72 valence electrons. The molecule has 0 spiro atoms. The summed E-state index contributed by atoms with van der Waals surface area (Å²) in [6.45, 7) is 2.34. The number of nitrogens with one attached hydrogen (secondary N) is 1. The van der Waals surface area contributed by atoms with Gasteiger partial charge in [0.25, 0.3) is 0 Å². The zero-order valence-corrected chi connectivity index (χ0v) is 7.78. The van der Waals surface area contributed by atoms with Crippen molar-refractivity contribution in [3.8, 4) is 0 Å². The van der Waals surface area contributed by atoms with Gasteiger partial charge < -0.3 is 10.1 Å². The van der Waals surface area contributed by atoms with E-state index in [0.29, 0.717) is 12.4 Å². The van der Waals surface area contributed by atoms with Gasteiger partial charge in [0, 0.05) is 19.3 Å². The minimum Gasteiger partial charge on any atom is -0.465 e. The van der Waals surface area contributed by atoms with E-state index in [-0.39, 0.29) is 12.5 Å². The lowest BCUT2D eigenvalue weighted by molar-refractivity contribution is -0.140. The van der Waals surface area contributed by atoms with Crippen molar-refractivity contribution in [3.63, 3.8) is 0 Å². The maximum absolute atomic E-state index is 10.9. The Morgan fingerprint density at radius 3 is 3.08 bits per heavy atom. The summed E-state index contributed by atoms with van der Waals surface area (Å²) in [6, 6.07) is 1.79. The van der Waals surface area contributed by atoms with Crippen LogP contribution in [0.3, 0.4) is 0 Å². The second-order valence-corrected chi connectivity index (χ2v) is 2.53. The van der Waals surface area contributed by atoms with Crippen LogP contribution in [0.4, 0.5) is 5.82 Å². The molecular weight excluding hydrogens is 170 g/mol. The van der Waals surface area contributed by atoms with E-state index in [2.05, 4.69) is 10.4 Å². The highest BCUT2D eigenvalue weighted by atomic mass is 16.5. The van der Waals surface area contributed by atoms with Crippen LogP contribution in [0.25, 0.3) is 0 Å². The molecule has 1 heterocycles. The van der Waals surface area contributed by atoms with Crippen molar-refractivity contribution < 1.29 is 9.53 Å². The van der Waals surface area contributed by atoms with Crippen LogP contribution in [0, 0.1) is 0 Å². The minimum atomic E-state index is -0.270. The molecule has 0 unspecified atom stereocenters. The van der Waals surface area contributed by atoms with Crippen LogP contribution < -0.4 is 5.32 Å². The van der Waals surface area contributed by atoms with E-state index in [4.69, 9.17) is 4.74 Å². The van der Waals surface area contributed by atoms with E-state index in [9.17, 15) is 4.79 Å². The van der Waals surface area contributed by atoms with Crippen LogP contribution in [-0.4, -0.2) is 28.9 Å². The lowest BCUT2D eigenvalue weighted by Gasteiger charge is -2.01. The monoisotopic (exact) mass is 183 g/mol. The third kappa shape index (κ3) is 3.14. The number of nitrogens with zero attached hydrogens (tertiary/aromatic N) is 2. The Bertz CT molecular complexity index is 283. The molecule has 0 atom stereocenters. The molecule has 0 amide bonds. The zero-order valence-electron chi connectivity index (χ0n) is 7.78. The Labute approximate surface area is 76.7 Å². The third-order valence-electron chi connectivity index (χ3n) is 1.43. The molecule has 5 heteroatoms. The number of hydrogen-bond donors (Lipinski definition) is 1. The lowest BCUT2D eigenvalue weighted by atomic mass is 10.6. The first-order valence-corrected chi connectivity index (χ1v) is 4.11. The Balaban J connectivity index is 2.30. The van der Waals surface area contributed by atoms with Crippen LogP contribution in [-0.2, 0) is 16.6 Å². The van der Waals surface area contributed by atoms with Gasteiger partial charge in [-0.05, 0) is 6.92 Å². The molecular formula is C8H13N3O2. The standard InChI is InChI=1S/C8H13N3O2/c1-3-13-8(12)6-9-7-4-5-11(2)10-7/h4-5H,3,6H2,1-2H3,(H,9,10). The van der Waals surface area contributed by atoms with Crippen molar-refractivity contribution in [2.45, 2.75) is 6.92 Å². The average molecular weight is 183 g/mol. The molecule has 1 aromatic heterocycles. The van der Waals surface area contributed by atoms with E-state index < -0.39 is 0 Å². The number of esters is 1. The quantitative estimate of drug-likeness (QED) is 0.686. The zero-order chi connectivity index (χ0) is 9.68. The molecule has 0 radical (unpaired) electrons. The van der Waals surface area contributed by atoms with Gasteiger partial charge in [-0.2, -0.15) is 5.10 Å². The summed E-state index contributed by atoms with van der Waals surface area (Å²) in [5.74, 6) is 0.406. The molecule has 0 saturated heterocycles. The molecule has 0 aliphatic carbocycles. The smallest absolute Gasteiger partial charge is 0.325 e. The average Bonchev–Trinajstić information content (AvgIpc) is 2.49. The molecule has 5 nitrogen and oxygen atoms in total. The fraction of sp³-hybridized carbons (Fsp3) is 0.500. The number of carbonyl (C=O) groups excluding carboxylic acids is 1. The number of anilines is 1. The highest BCUT2D eigenvalue weighted by molar-refractivity contribution is 5.74. The van der Waals surface area contributed by atoms with Gasteiger partial charge in [0.05, 0.1) is 6.61 Å². The highest BCUT2D eigenvalue weighted by Crippen LogP contribution is 1.99. The van der Waals surface area contributed by atoms with Crippen molar-refractivity contribution in [3.05, 3.63) is 12.3 Å². The van der Waals surface area contributed by atoms with Crippen molar-refractivity contribution in [1.29, 1.82) is 0 Å². The molecule has 13 heavy (non-hydrogen) atoms. The van der Waals surface area contributed by atoms with Crippen molar-refractivity contribution >= 4 is 11.8 Å². The minimum absolute atomic E-state index is 0.158. The first-order chi connectivity index (χ1) is 6.22. The van der Waals surface area contributed by atoms with Crippen LogP contribution in [0.15, 0.2) is 12.3 Å². The first-order valence-electron chi connectivity index (χ1n) is 4.11. The highest BCUT2D eigenvalue weighted by Gasteiger charge is 2.01. The van der Waals surface area contributed by atoms with Gasteiger partial charge >= 0.3 is 5.97 Å². The van der Waals surface area contributed by atoms with Gasteiger partial charge in [0.2, 0.25) is 0 Å². The fourth-order valence-electron chi connectivity index (χ4n) is 0.884. The number of carbonyl (C=O) groups is 1. The van der Waals surface area contributed by atoms with Crippen molar-refractivity contribution in [1.82, 2.24) is 9.78 Å². The predicted molar refractivity (Wildman–Crippen MR) is 48.3 cm³/mol. The second-order valence-electron chi connectivity index (χ2n) is 2.53. The summed E-state index contributed by atoms with van der Waals surface area (Å²) >= 11 is 0. The maximum Gasteiger partial charge on any atom is 0.325 e. The summed E-state index contributed by atoms with van der Waals surface area (Å²) in [4.78, 5) is 10.9. The number of rotatable bonds is 4. The number of aromatic nitrogens is 2. The Hall–Kier alpha value is -1.52. The van der Waals surface area contributed by atoms with Crippen LogP contribution >= 0.6 is 0 Å². The van der Waals surface area contributed by atoms with E-state index >= 15 is 0 Å². The molecule has 1 N–H and O–H groups in total. The van der Waals surface area contributed by atoms with Crippen molar-refractivity contribution in [2.75, 3.05) is 18.5 Å². The largest absolute Gasteiger partial charge is 0.465 e. The van der Waals surface area contributed by atoms with Gasteiger partial charge in [0.1, 0.15) is 12.4 Å². The molecule has 0 aromatic carbocycles. The SMILES string of the molecule is CCOC(=O)CNc1ccn(C)n1. The van der Waals surface area contributed by atoms with Crippen molar-refractivity contribution in [2.24, 2.45) is 7.05 Å². The van der Waals surface area contributed by atoms with Crippen LogP contribution in [0.1, 0.15) is 6.92 Å². The Kier molecular flexibility index (Phi) is 3.31. The number of hydrogen-bond acceptors (Lipinski definition) is 4. The van der Waals surface area contributed by atoms with E-state index in [0.717, 1.165) is 0 Å². The molecule has 0 aliphatic rings. The van der Waals surface area contributed by atoms with Gasteiger partial charge in [-0.3, -0.25) is 9.48 Å². The molecule has 0 aliphatic heterocycles. The van der Waals surface area contributed by atoms with E-state index in [1.807, 2.05) is 7.05 Å². The second kappa shape index (κ2) is 4.49. The molecule has 0 bridgehead atoms. The molecule has 1 rings (SSSR count). The Morgan fingerprint density at radius 1 is 1.77 bits per heavy atom. The Morgan fingerprint density at radius 2 is 2.54 bits per heavy atom. The van der Waals surface area contributed by atoms with E-state index in [1.165, 1.54) is 0 Å².